The molecule has 2 aromatic rings. The topological polar surface area (TPSA) is 67.5 Å². The third-order valence-electron chi connectivity index (χ3n) is 1.85. The molecule has 2 heterocycles. The van der Waals surface area contributed by atoms with Crippen molar-refractivity contribution < 1.29 is 18.7 Å². The minimum Gasteiger partial charge on any atom is -0.476 e. The molecular weight excluding hydrogens is 244 g/mol. The van der Waals surface area contributed by atoms with Gasteiger partial charge in [-0.15, -0.1) is 0 Å². The maximum atomic E-state index is 12.4. The van der Waals surface area contributed by atoms with E-state index in [4.69, 9.17) is 16.7 Å². The summed E-state index contributed by atoms with van der Waals surface area (Å²) >= 11 is 5.66. The molecule has 0 saturated heterocycles. The highest BCUT2D eigenvalue weighted by Gasteiger charge is 2.16. The van der Waals surface area contributed by atoms with E-state index in [0.29, 0.717) is 0 Å². The van der Waals surface area contributed by atoms with Gasteiger partial charge in [-0.25, -0.2) is 23.1 Å². The Bertz CT molecular complexity index is 570. The second-order valence-electron chi connectivity index (χ2n) is 2.91. The molecule has 1 N–H and O–H groups in total. The molecule has 5 nitrogen and oxygen atoms in total. The zero-order valence-corrected chi connectivity index (χ0v) is 8.32. The average Bonchev–Trinajstić information content (AvgIpc) is 2.61. The Labute approximate surface area is 92.3 Å². The first-order chi connectivity index (χ1) is 7.49. The molecule has 0 spiro atoms. The van der Waals surface area contributed by atoms with Gasteiger partial charge in [-0.05, 0) is 0 Å². The van der Waals surface area contributed by atoms with Crippen LogP contribution in [0.2, 0.25) is 5.15 Å². The molecule has 0 unspecified atom stereocenters. The Morgan fingerprint density at radius 2 is 2.19 bits per heavy atom. The quantitative estimate of drug-likeness (QED) is 0.825. The van der Waals surface area contributed by atoms with Crippen molar-refractivity contribution in [2.45, 2.75) is 6.43 Å². The Hall–Kier alpha value is -1.76. The number of carboxylic acid groups (broad SMARTS) is 1. The Balaban J connectivity index is 2.68. The smallest absolute Gasteiger partial charge is 0.356 e. The van der Waals surface area contributed by atoms with Crippen LogP contribution in [0, 0.1) is 0 Å². The molecule has 2 rings (SSSR count). The van der Waals surface area contributed by atoms with Crippen LogP contribution in [0.3, 0.4) is 0 Å². The fraction of sp³-hybridized carbons (Fsp3) is 0.125. The van der Waals surface area contributed by atoms with Crippen molar-refractivity contribution in [1.29, 1.82) is 0 Å². The lowest BCUT2D eigenvalue weighted by molar-refractivity contribution is 0.0690. The summed E-state index contributed by atoms with van der Waals surface area (Å²) in [6, 6.07) is 2.01. The summed E-state index contributed by atoms with van der Waals surface area (Å²) in [6.07, 6.45) is -2.77. The van der Waals surface area contributed by atoms with Gasteiger partial charge in [0, 0.05) is 12.1 Å². The molecule has 0 radical (unpaired) electrons. The lowest BCUT2D eigenvalue weighted by Gasteiger charge is -2.00. The van der Waals surface area contributed by atoms with E-state index < -0.39 is 18.1 Å². The normalized spacial score (nSPS) is 11.2. The number of nitrogens with zero attached hydrogens (tertiary/aromatic N) is 3. The average molecular weight is 248 g/mol. The number of fused-ring (bicyclic) bond motifs is 1. The number of hydrogen-bond donors (Lipinski definition) is 1. The first-order valence-electron chi connectivity index (χ1n) is 4.06. The lowest BCUT2D eigenvalue weighted by Crippen LogP contribution is -1.99. The van der Waals surface area contributed by atoms with Crippen LogP contribution < -0.4 is 0 Å². The predicted octanol–water partition coefficient (Wildman–Crippen LogP) is 2.02. The zero-order valence-electron chi connectivity index (χ0n) is 7.56. The van der Waals surface area contributed by atoms with Gasteiger partial charge in [-0.1, -0.05) is 11.6 Å². The van der Waals surface area contributed by atoms with Crippen LogP contribution >= 0.6 is 11.6 Å². The molecule has 0 saturated carbocycles. The van der Waals surface area contributed by atoms with E-state index in [9.17, 15) is 13.6 Å². The number of carbonyl (C=O) groups is 1. The van der Waals surface area contributed by atoms with E-state index in [1.54, 1.807) is 0 Å². The molecule has 0 aliphatic heterocycles. The number of carboxylic acids is 1. The van der Waals surface area contributed by atoms with Gasteiger partial charge in [0.25, 0.3) is 6.43 Å². The third kappa shape index (κ3) is 1.69. The fourth-order valence-corrected chi connectivity index (χ4v) is 1.41. The predicted molar refractivity (Wildman–Crippen MR) is 49.9 cm³/mol. The summed E-state index contributed by atoms with van der Waals surface area (Å²) in [5, 5.41) is 12.1. The lowest BCUT2D eigenvalue weighted by atomic mass is 10.4. The van der Waals surface area contributed by atoms with Gasteiger partial charge in [0.15, 0.2) is 11.3 Å². The number of halogens is 3. The molecule has 0 bridgehead atoms. The highest BCUT2D eigenvalue weighted by Crippen LogP contribution is 2.21. The number of rotatable bonds is 2. The van der Waals surface area contributed by atoms with E-state index in [1.165, 1.54) is 0 Å². The van der Waals surface area contributed by atoms with E-state index in [1.807, 2.05) is 0 Å². The molecule has 8 heteroatoms. The van der Waals surface area contributed by atoms with E-state index >= 15 is 0 Å². The summed E-state index contributed by atoms with van der Waals surface area (Å²) in [6.45, 7) is 0. The van der Waals surface area contributed by atoms with Crippen LogP contribution in [0.15, 0.2) is 12.1 Å². The zero-order chi connectivity index (χ0) is 11.9. The van der Waals surface area contributed by atoms with Gasteiger partial charge in [0.2, 0.25) is 0 Å². The van der Waals surface area contributed by atoms with Crippen molar-refractivity contribution in [3.05, 3.63) is 28.7 Å². The molecule has 0 aliphatic rings. The minimum absolute atomic E-state index is 0.0276. The molecule has 0 amide bonds. The van der Waals surface area contributed by atoms with Gasteiger partial charge in [-0.2, -0.15) is 5.10 Å². The molecule has 0 atom stereocenters. The SMILES string of the molecule is O=C(O)c1cc2nc(C(F)F)cc(Cl)n2n1. The highest BCUT2D eigenvalue weighted by atomic mass is 35.5. The van der Waals surface area contributed by atoms with E-state index in [2.05, 4.69) is 10.1 Å². The van der Waals surface area contributed by atoms with Crippen LogP contribution in [0.5, 0.6) is 0 Å². The monoisotopic (exact) mass is 247 g/mol. The second kappa shape index (κ2) is 3.67. The largest absolute Gasteiger partial charge is 0.476 e. The number of hydrogen-bond acceptors (Lipinski definition) is 3. The van der Waals surface area contributed by atoms with Crippen molar-refractivity contribution in [3.8, 4) is 0 Å². The van der Waals surface area contributed by atoms with Crippen LogP contribution in [0.25, 0.3) is 5.65 Å². The van der Waals surface area contributed by atoms with Crippen LogP contribution in [-0.2, 0) is 0 Å². The highest BCUT2D eigenvalue weighted by molar-refractivity contribution is 6.29. The Morgan fingerprint density at radius 3 is 2.75 bits per heavy atom. The summed E-state index contributed by atoms with van der Waals surface area (Å²) in [4.78, 5) is 14.1. The molecule has 2 aromatic heterocycles. The van der Waals surface area contributed by atoms with Gasteiger partial charge in [0.1, 0.15) is 10.8 Å². The van der Waals surface area contributed by atoms with Gasteiger partial charge < -0.3 is 5.11 Å². The summed E-state index contributed by atoms with van der Waals surface area (Å²) in [5.74, 6) is -1.28. The maximum Gasteiger partial charge on any atom is 0.356 e. The van der Waals surface area contributed by atoms with Crippen molar-refractivity contribution >= 4 is 23.2 Å². The standard InChI is InChI=1S/C8H4ClF2N3O2/c9-5-1-3(7(10)11)12-6-2-4(8(15)16)13-14(5)6/h1-2,7H,(H,15,16). The van der Waals surface area contributed by atoms with E-state index in [-0.39, 0.29) is 16.5 Å². The minimum atomic E-state index is -2.77. The molecule has 0 fully saturated rings. The molecule has 84 valence electrons. The first kappa shape index (κ1) is 10.7. The van der Waals surface area contributed by atoms with Crippen LogP contribution in [-0.4, -0.2) is 25.7 Å². The Morgan fingerprint density at radius 1 is 1.50 bits per heavy atom. The maximum absolute atomic E-state index is 12.4. The molecular formula is C8H4ClF2N3O2. The first-order valence-corrected chi connectivity index (χ1v) is 4.44. The summed E-state index contributed by atoms with van der Waals surface area (Å²) in [5.41, 5.74) is -0.852. The van der Waals surface area contributed by atoms with Gasteiger partial charge in [0.05, 0.1) is 0 Å². The number of aromatic nitrogens is 3. The van der Waals surface area contributed by atoms with Crippen molar-refractivity contribution in [1.82, 2.24) is 14.6 Å². The van der Waals surface area contributed by atoms with Gasteiger partial charge in [-0.3, -0.25) is 0 Å². The number of alkyl halides is 2. The van der Waals surface area contributed by atoms with Crippen LogP contribution in [0.4, 0.5) is 8.78 Å². The van der Waals surface area contributed by atoms with E-state index in [0.717, 1.165) is 16.6 Å². The van der Waals surface area contributed by atoms with Crippen molar-refractivity contribution in [3.63, 3.8) is 0 Å². The second-order valence-corrected chi connectivity index (χ2v) is 3.30. The summed E-state index contributed by atoms with van der Waals surface area (Å²) < 4.78 is 25.7. The Kier molecular flexibility index (Phi) is 2.47. The number of aromatic carboxylic acids is 1. The fourth-order valence-electron chi connectivity index (χ4n) is 1.17. The van der Waals surface area contributed by atoms with Gasteiger partial charge >= 0.3 is 5.97 Å². The molecule has 0 aromatic carbocycles. The molecule has 0 aliphatic carbocycles. The van der Waals surface area contributed by atoms with Crippen molar-refractivity contribution in [2.24, 2.45) is 0 Å². The molecule has 16 heavy (non-hydrogen) atoms. The van der Waals surface area contributed by atoms with Crippen molar-refractivity contribution in [2.75, 3.05) is 0 Å². The third-order valence-corrected chi connectivity index (χ3v) is 2.12. The summed E-state index contributed by atoms with van der Waals surface area (Å²) in [7, 11) is 0. The van der Waals surface area contributed by atoms with Crippen LogP contribution in [0.1, 0.15) is 22.6 Å².